The molecule has 1 rings (SSSR count). The number of hydrogen-bond acceptors (Lipinski definition) is 3. The molecular weight excluding hydrogens is 283 g/mol. The van der Waals surface area contributed by atoms with Crippen LogP contribution < -0.4 is 5.32 Å². The van der Waals surface area contributed by atoms with Gasteiger partial charge in [0.25, 0.3) is 0 Å². The monoisotopic (exact) mass is 302 g/mol. The molecule has 0 fully saturated rings. The molecule has 0 spiro atoms. The molecule has 0 bridgehead atoms. The third-order valence-electron chi connectivity index (χ3n) is 2.78. The lowest BCUT2D eigenvalue weighted by Gasteiger charge is -2.27. The summed E-state index contributed by atoms with van der Waals surface area (Å²) in [5, 5.41) is 12.2. The van der Waals surface area contributed by atoms with E-state index in [1.807, 2.05) is 18.7 Å². The molecule has 0 aromatic heterocycles. The lowest BCUT2D eigenvalue weighted by Crippen LogP contribution is -2.41. The lowest BCUT2D eigenvalue weighted by atomic mass is 10.2. The van der Waals surface area contributed by atoms with Crippen LogP contribution >= 0.6 is 11.6 Å². The first kappa shape index (κ1) is 16.9. The maximum Gasteiger partial charge on any atom is 0.238 e. The van der Waals surface area contributed by atoms with Crippen molar-refractivity contribution in [1.29, 1.82) is 0 Å². The van der Waals surface area contributed by atoms with Crippen molar-refractivity contribution in [3.8, 4) is 0 Å². The zero-order valence-electron chi connectivity index (χ0n) is 11.9. The number of aliphatic hydroxyl groups is 1. The first-order valence-corrected chi connectivity index (χ1v) is 6.84. The summed E-state index contributed by atoms with van der Waals surface area (Å²) in [4.78, 5) is 13.8. The maximum absolute atomic E-state index is 12.9. The number of hydrogen-bond donors (Lipinski definition) is 2. The van der Waals surface area contributed by atoms with Gasteiger partial charge in [0.15, 0.2) is 0 Å². The van der Waals surface area contributed by atoms with Crippen LogP contribution in [0, 0.1) is 5.82 Å². The topological polar surface area (TPSA) is 52.6 Å². The summed E-state index contributed by atoms with van der Waals surface area (Å²) in [6.45, 7) is 6.10. The van der Waals surface area contributed by atoms with E-state index in [1.165, 1.54) is 12.1 Å². The minimum absolute atomic E-state index is 0.124. The number of amides is 1. The predicted molar refractivity (Wildman–Crippen MR) is 78.4 cm³/mol. The van der Waals surface area contributed by atoms with Gasteiger partial charge in [0.1, 0.15) is 5.82 Å². The summed E-state index contributed by atoms with van der Waals surface area (Å²) in [6, 6.07) is 3.92. The minimum atomic E-state index is -0.514. The zero-order valence-corrected chi connectivity index (χ0v) is 12.6. The van der Waals surface area contributed by atoms with Crippen molar-refractivity contribution in [1.82, 2.24) is 4.90 Å². The fraction of sp³-hybridized carbons (Fsp3) is 0.500. The molecule has 1 unspecified atom stereocenters. The number of rotatable bonds is 6. The second-order valence-corrected chi connectivity index (χ2v) is 5.45. The molecule has 20 heavy (non-hydrogen) atoms. The molecule has 0 aliphatic carbocycles. The van der Waals surface area contributed by atoms with Gasteiger partial charge >= 0.3 is 0 Å². The predicted octanol–water partition coefficient (Wildman–Crippen LogP) is 2.51. The van der Waals surface area contributed by atoms with Crippen LogP contribution in [0.5, 0.6) is 0 Å². The van der Waals surface area contributed by atoms with E-state index in [2.05, 4.69) is 5.32 Å². The Morgan fingerprint density at radius 2 is 2.10 bits per heavy atom. The van der Waals surface area contributed by atoms with E-state index in [-0.39, 0.29) is 23.5 Å². The highest BCUT2D eigenvalue weighted by Gasteiger charge is 2.16. The van der Waals surface area contributed by atoms with Crippen LogP contribution in [0.3, 0.4) is 0 Å². The summed E-state index contributed by atoms with van der Waals surface area (Å²) in [5.74, 6) is -0.709. The number of nitrogens with zero attached hydrogens (tertiary/aromatic N) is 1. The van der Waals surface area contributed by atoms with Gasteiger partial charge in [-0.15, -0.1) is 0 Å². The maximum atomic E-state index is 12.9. The van der Waals surface area contributed by atoms with E-state index >= 15 is 0 Å². The molecule has 1 aromatic rings. The second kappa shape index (κ2) is 7.57. The Hall–Kier alpha value is -1.17. The smallest absolute Gasteiger partial charge is 0.238 e. The Balaban J connectivity index is 2.65. The van der Waals surface area contributed by atoms with Crippen molar-refractivity contribution in [2.75, 3.05) is 18.4 Å². The van der Waals surface area contributed by atoms with E-state index in [9.17, 15) is 14.3 Å². The molecule has 0 aliphatic heterocycles. The highest BCUT2D eigenvalue weighted by atomic mass is 35.5. The first-order valence-electron chi connectivity index (χ1n) is 6.46. The number of carbonyl (C=O) groups is 1. The number of nitrogens with one attached hydrogen (secondary N) is 1. The van der Waals surface area contributed by atoms with E-state index in [1.54, 1.807) is 6.92 Å². The molecular formula is C14H20ClFN2O2. The third-order valence-corrected chi connectivity index (χ3v) is 3.09. The molecule has 6 heteroatoms. The number of benzene rings is 1. The van der Waals surface area contributed by atoms with Gasteiger partial charge in [-0.25, -0.2) is 4.39 Å². The fourth-order valence-electron chi connectivity index (χ4n) is 1.76. The molecule has 4 nitrogen and oxygen atoms in total. The molecule has 0 saturated heterocycles. The van der Waals surface area contributed by atoms with Gasteiger partial charge in [-0.2, -0.15) is 0 Å². The molecule has 0 radical (unpaired) electrons. The molecule has 1 atom stereocenters. The number of carbonyl (C=O) groups excluding carboxylic acids is 1. The highest BCUT2D eigenvalue weighted by molar-refractivity contribution is 6.33. The second-order valence-electron chi connectivity index (χ2n) is 5.04. The fourth-order valence-corrected chi connectivity index (χ4v) is 1.98. The van der Waals surface area contributed by atoms with Crippen LogP contribution in [-0.2, 0) is 4.79 Å². The van der Waals surface area contributed by atoms with E-state index in [4.69, 9.17) is 11.6 Å². The Morgan fingerprint density at radius 3 is 2.60 bits per heavy atom. The van der Waals surface area contributed by atoms with E-state index in [0.717, 1.165) is 6.07 Å². The Morgan fingerprint density at radius 1 is 1.45 bits per heavy atom. The minimum Gasteiger partial charge on any atom is -0.392 e. The summed E-state index contributed by atoms with van der Waals surface area (Å²) in [5.41, 5.74) is 0.374. The highest BCUT2D eigenvalue weighted by Crippen LogP contribution is 2.22. The molecule has 1 amide bonds. The Kier molecular flexibility index (Phi) is 6.39. The van der Waals surface area contributed by atoms with Gasteiger partial charge in [-0.05, 0) is 39.0 Å². The van der Waals surface area contributed by atoms with E-state index < -0.39 is 11.9 Å². The number of anilines is 1. The average molecular weight is 303 g/mol. The quantitative estimate of drug-likeness (QED) is 0.849. The van der Waals surface area contributed by atoms with Crippen molar-refractivity contribution in [3.05, 3.63) is 29.0 Å². The third kappa shape index (κ3) is 5.45. The summed E-state index contributed by atoms with van der Waals surface area (Å²) in [7, 11) is 0. The average Bonchev–Trinajstić information content (AvgIpc) is 2.31. The molecule has 2 N–H and O–H groups in total. The normalized spacial score (nSPS) is 12.8. The summed E-state index contributed by atoms with van der Waals surface area (Å²) < 4.78 is 12.9. The molecule has 112 valence electrons. The van der Waals surface area contributed by atoms with Gasteiger partial charge < -0.3 is 10.4 Å². The first-order chi connectivity index (χ1) is 9.29. The zero-order chi connectivity index (χ0) is 15.3. The summed E-state index contributed by atoms with van der Waals surface area (Å²) in [6.07, 6.45) is -0.514. The van der Waals surface area contributed by atoms with Crippen molar-refractivity contribution in [2.45, 2.75) is 32.9 Å². The van der Waals surface area contributed by atoms with Gasteiger partial charge in [0.05, 0.1) is 23.4 Å². The van der Waals surface area contributed by atoms with E-state index in [0.29, 0.717) is 12.2 Å². The van der Waals surface area contributed by atoms with Crippen LogP contribution in [0.15, 0.2) is 18.2 Å². The van der Waals surface area contributed by atoms with Crippen LogP contribution in [0.2, 0.25) is 5.02 Å². The lowest BCUT2D eigenvalue weighted by molar-refractivity contribution is -0.118. The Bertz CT molecular complexity index is 466. The van der Waals surface area contributed by atoms with Crippen molar-refractivity contribution in [2.24, 2.45) is 0 Å². The van der Waals surface area contributed by atoms with Gasteiger partial charge in [-0.1, -0.05) is 11.6 Å². The van der Waals surface area contributed by atoms with Gasteiger partial charge in [0, 0.05) is 12.6 Å². The largest absolute Gasteiger partial charge is 0.392 e. The molecule has 1 aromatic carbocycles. The van der Waals surface area contributed by atoms with Gasteiger partial charge in [-0.3, -0.25) is 9.69 Å². The standard InChI is InChI=1S/C14H20ClFN2O2/c1-9(2)18(7-10(3)19)8-14(20)17-13-5-4-11(16)6-12(13)15/h4-6,9-10,19H,7-8H2,1-3H3,(H,17,20). The van der Waals surface area contributed by atoms with Crippen LogP contribution in [0.4, 0.5) is 10.1 Å². The molecule has 0 saturated carbocycles. The van der Waals surface area contributed by atoms with Gasteiger partial charge in [0.2, 0.25) is 5.91 Å². The number of aliphatic hydroxyl groups excluding tert-OH is 1. The number of halogens is 2. The summed E-state index contributed by atoms with van der Waals surface area (Å²) >= 11 is 5.85. The van der Waals surface area contributed by atoms with Crippen LogP contribution in [0.1, 0.15) is 20.8 Å². The van der Waals surface area contributed by atoms with Crippen molar-refractivity contribution >= 4 is 23.2 Å². The Labute approximate surface area is 123 Å². The SMILES string of the molecule is CC(O)CN(CC(=O)Nc1ccc(F)cc1Cl)C(C)C. The van der Waals surface area contributed by atoms with Crippen molar-refractivity contribution < 1.29 is 14.3 Å². The van der Waals surface area contributed by atoms with Crippen LogP contribution in [-0.4, -0.2) is 41.1 Å². The molecule has 0 aliphatic rings. The molecule has 0 heterocycles. The van der Waals surface area contributed by atoms with Crippen molar-refractivity contribution in [3.63, 3.8) is 0 Å². The van der Waals surface area contributed by atoms with Crippen LogP contribution in [0.25, 0.3) is 0 Å².